The Morgan fingerprint density at radius 3 is 2.66 bits per heavy atom. The Morgan fingerprint density at radius 1 is 1.16 bits per heavy atom. The van der Waals surface area contributed by atoms with Gasteiger partial charge in [0, 0.05) is 38.7 Å². The van der Waals surface area contributed by atoms with Crippen molar-refractivity contribution in [1.82, 2.24) is 15.5 Å². The number of fused-ring (bicyclic) bond motifs is 1. The lowest BCUT2D eigenvalue weighted by Gasteiger charge is -2.29. The highest BCUT2D eigenvalue weighted by Gasteiger charge is 2.20. The first-order valence-electron chi connectivity index (χ1n) is 11.1. The van der Waals surface area contributed by atoms with Crippen LogP contribution in [0.15, 0.2) is 47.5 Å². The van der Waals surface area contributed by atoms with Gasteiger partial charge in [0.25, 0.3) is 0 Å². The van der Waals surface area contributed by atoms with Gasteiger partial charge < -0.3 is 25.0 Å². The highest BCUT2D eigenvalue weighted by Crippen LogP contribution is 2.29. The molecular weight excluding hydrogens is 404 g/mol. The zero-order chi connectivity index (χ0) is 22.9. The molecule has 1 aliphatic heterocycles. The third-order valence-electron chi connectivity index (χ3n) is 5.82. The highest BCUT2D eigenvalue weighted by molar-refractivity contribution is 5.80. The zero-order valence-electron chi connectivity index (χ0n) is 19.5. The van der Waals surface area contributed by atoms with Crippen molar-refractivity contribution in [3.8, 4) is 11.5 Å². The Hall–Kier alpha value is -3.22. The van der Waals surface area contributed by atoms with Gasteiger partial charge in [0.15, 0.2) is 5.96 Å². The molecule has 7 heteroatoms. The number of benzene rings is 2. The van der Waals surface area contributed by atoms with Gasteiger partial charge in [0.1, 0.15) is 11.5 Å². The molecule has 2 aromatic carbocycles. The Labute approximate surface area is 190 Å². The molecule has 1 unspecified atom stereocenters. The molecule has 1 heterocycles. The van der Waals surface area contributed by atoms with Crippen molar-refractivity contribution in [3.63, 3.8) is 0 Å². The van der Waals surface area contributed by atoms with E-state index in [2.05, 4.69) is 33.8 Å². The fourth-order valence-electron chi connectivity index (χ4n) is 3.97. The average Bonchev–Trinajstić information content (AvgIpc) is 2.84. The second-order valence-electron chi connectivity index (χ2n) is 7.91. The molecule has 0 bridgehead atoms. The minimum absolute atomic E-state index is 0.0405. The lowest BCUT2D eigenvalue weighted by molar-refractivity contribution is -0.132. The molecule has 172 valence electrons. The van der Waals surface area contributed by atoms with Gasteiger partial charge in [-0.1, -0.05) is 24.3 Å². The van der Waals surface area contributed by atoms with Crippen LogP contribution in [0.2, 0.25) is 0 Å². The first-order valence-corrected chi connectivity index (χ1v) is 11.1. The van der Waals surface area contributed by atoms with Crippen LogP contribution in [0, 0.1) is 0 Å². The average molecular weight is 439 g/mol. The SMILES string of the molecule is CN=C(NCCCC(=O)N1CCc2ccccc2C1)NC(C)c1cc(OC)ccc1OC. The standard InChI is InChI=1S/C25H34N4O3/c1-18(22-16-21(31-3)11-12-23(22)32-4)28-25(26-2)27-14-7-10-24(30)29-15-13-19-8-5-6-9-20(19)17-29/h5-6,8-9,11-12,16,18H,7,10,13-15,17H2,1-4H3,(H2,26,27,28). The van der Waals surface area contributed by atoms with E-state index in [1.807, 2.05) is 36.1 Å². The molecule has 0 spiro atoms. The number of carbonyl (C=O) groups is 1. The number of guanidine groups is 1. The van der Waals surface area contributed by atoms with E-state index in [9.17, 15) is 4.79 Å². The monoisotopic (exact) mass is 438 g/mol. The molecule has 1 amide bonds. The van der Waals surface area contributed by atoms with Gasteiger partial charge in [-0.15, -0.1) is 0 Å². The van der Waals surface area contributed by atoms with E-state index in [0.717, 1.165) is 36.4 Å². The summed E-state index contributed by atoms with van der Waals surface area (Å²) in [6.45, 7) is 4.22. The fourth-order valence-corrected chi connectivity index (χ4v) is 3.97. The van der Waals surface area contributed by atoms with Crippen LogP contribution in [0.5, 0.6) is 11.5 Å². The lowest BCUT2D eigenvalue weighted by atomic mass is 9.99. The Morgan fingerprint density at radius 2 is 1.94 bits per heavy atom. The van der Waals surface area contributed by atoms with Gasteiger partial charge in [-0.2, -0.15) is 0 Å². The van der Waals surface area contributed by atoms with Crippen molar-refractivity contribution < 1.29 is 14.3 Å². The molecule has 32 heavy (non-hydrogen) atoms. The number of hydrogen-bond donors (Lipinski definition) is 2. The van der Waals surface area contributed by atoms with Crippen LogP contribution in [-0.4, -0.2) is 51.1 Å². The molecular formula is C25H34N4O3. The summed E-state index contributed by atoms with van der Waals surface area (Å²) >= 11 is 0. The largest absolute Gasteiger partial charge is 0.497 e. The second-order valence-corrected chi connectivity index (χ2v) is 7.91. The van der Waals surface area contributed by atoms with Gasteiger partial charge in [0.2, 0.25) is 5.91 Å². The van der Waals surface area contributed by atoms with E-state index >= 15 is 0 Å². The molecule has 0 saturated heterocycles. The maximum atomic E-state index is 12.6. The van der Waals surface area contributed by atoms with Crippen molar-refractivity contribution in [3.05, 3.63) is 59.2 Å². The summed E-state index contributed by atoms with van der Waals surface area (Å²) < 4.78 is 10.8. The quantitative estimate of drug-likeness (QED) is 0.376. The van der Waals surface area contributed by atoms with E-state index in [4.69, 9.17) is 9.47 Å². The smallest absolute Gasteiger partial charge is 0.222 e. The van der Waals surface area contributed by atoms with Crippen molar-refractivity contribution in [1.29, 1.82) is 0 Å². The van der Waals surface area contributed by atoms with Crippen LogP contribution < -0.4 is 20.1 Å². The Balaban J connectivity index is 1.46. The third kappa shape index (κ3) is 5.93. The topological polar surface area (TPSA) is 75.2 Å². The van der Waals surface area contributed by atoms with E-state index in [1.54, 1.807) is 21.3 Å². The number of carbonyl (C=O) groups excluding carboxylic acids is 1. The van der Waals surface area contributed by atoms with Crippen molar-refractivity contribution in [2.24, 2.45) is 4.99 Å². The molecule has 0 radical (unpaired) electrons. The summed E-state index contributed by atoms with van der Waals surface area (Å²) in [7, 11) is 5.04. The maximum Gasteiger partial charge on any atom is 0.222 e. The summed E-state index contributed by atoms with van der Waals surface area (Å²) in [5, 5.41) is 6.69. The molecule has 0 saturated carbocycles. The van der Waals surface area contributed by atoms with Gasteiger partial charge in [-0.3, -0.25) is 9.79 Å². The molecule has 1 atom stereocenters. The molecule has 1 aliphatic rings. The van der Waals surface area contributed by atoms with Crippen LogP contribution in [0.1, 0.15) is 42.5 Å². The predicted molar refractivity (Wildman–Crippen MR) is 127 cm³/mol. The number of nitrogens with zero attached hydrogens (tertiary/aromatic N) is 2. The van der Waals surface area contributed by atoms with Gasteiger partial charge in [0.05, 0.1) is 20.3 Å². The van der Waals surface area contributed by atoms with E-state index in [0.29, 0.717) is 25.5 Å². The second kappa shape index (κ2) is 11.4. The van der Waals surface area contributed by atoms with Crippen molar-refractivity contribution in [2.45, 2.75) is 38.8 Å². The Bertz CT molecular complexity index is 945. The van der Waals surface area contributed by atoms with E-state index in [1.165, 1.54) is 11.1 Å². The summed E-state index contributed by atoms with van der Waals surface area (Å²) in [5.41, 5.74) is 3.60. The van der Waals surface area contributed by atoms with Crippen LogP contribution in [0.25, 0.3) is 0 Å². The molecule has 7 nitrogen and oxygen atoms in total. The predicted octanol–water partition coefficient (Wildman–Crippen LogP) is 3.29. The van der Waals surface area contributed by atoms with Crippen LogP contribution in [0.4, 0.5) is 0 Å². The molecule has 0 aromatic heterocycles. The number of aliphatic imine (C=N–C) groups is 1. The number of hydrogen-bond acceptors (Lipinski definition) is 4. The van der Waals surface area contributed by atoms with E-state index < -0.39 is 0 Å². The van der Waals surface area contributed by atoms with Gasteiger partial charge in [-0.05, 0) is 49.1 Å². The van der Waals surface area contributed by atoms with Crippen LogP contribution in [0.3, 0.4) is 0 Å². The number of rotatable bonds is 8. The van der Waals surface area contributed by atoms with Crippen LogP contribution in [-0.2, 0) is 17.8 Å². The van der Waals surface area contributed by atoms with Crippen LogP contribution >= 0.6 is 0 Å². The first kappa shape index (κ1) is 23.4. The number of methoxy groups -OCH3 is 2. The minimum atomic E-state index is -0.0405. The number of nitrogens with one attached hydrogen (secondary N) is 2. The minimum Gasteiger partial charge on any atom is -0.497 e. The molecule has 0 aliphatic carbocycles. The summed E-state index contributed by atoms with van der Waals surface area (Å²) in [6, 6.07) is 14.1. The Kier molecular flexibility index (Phi) is 8.36. The summed E-state index contributed by atoms with van der Waals surface area (Å²) in [5.74, 6) is 2.45. The fraction of sp³-hybridized carbons (Fsp3) is 0.440. The highest BCUT2D eigenvalue weighted by atomic mass is 16.5. The zero-order valence-corrected chi connectivity index (χ0v) is 19.5. The molecule has 2 N–H and O–H groups in total. The summed E-state index contributed by atoms with van der Waals surface area (Å²) in [4.78, 5) is 18.9. The normalized spacial score (nSPS) is 14.4. The van der Waals surface area contributed by atoms with E-state index in [-0.39, 0.29) is 11.9 Å². The number of amides is 1. The number of ether oxygens (including phenoxy) is 2. The molecule has 3 rings (SSSR count). The van der Waals surface area contributed by atoms with Gasteiger partial charge in [-0.25, -0.2) is 0 Å². The van der Waals surface area contributed by atoms with Crippen molar-refractivity contribution >= 4 is 11.9 Å². The third-order valence-corrected chi connectivity index (χ3v) is 5.82. The maximum absolute atomic E-state index is 12.6. The lowest BCUT2D eigenvalue weighted by Crippen LogP contribution is -2.40. The van der Waals surface area contributed by atoms with Gasteiger partial charge >= 0.3 is 0 Å². The summed E-state index contributed by atoms with van der Waals surface area (Å²) in [6.07, 6.45) is 2.20. The molecule has 2 aromatic rings. The van der Waals surface area contributed by atoms with Crippen molar-refractivity contribution in [2.75, 3.05) is 34.4 Å². The molecule has 0 fully saturated rings. The first-order chi connectivity index (χ1) is 15.5.